The fourth-order valence-corrected chi connectivity index (χ4v) is 2.71. The number of hydrogen-bond donors (Lipinski definition) is 1. The number of halogens is 3. The molecule has 20 heavy (non-hydrogen) atoms. The van der Waals surface area contributed by atoms with Crippen molar-refractivity contribution in [3.8, 4) is 0 Å². The number of anilines is 1. The minimum atomic E-state index is -0.778. The van der Waals surface area contributed by atoms with Crippen LogP contribution in [-0.4, -0.2) is 5.97 Å². The number of nitrogens with two attached hydrogens (primary N) is 1. The van der Waals surface area contributed by atoms with E-state index in [1.54, 1.807) is 6.92 Å². The summed E-state index contributed by atoms with van der Waals surface area (Å²) in [5, 5.41) is 0. The van der Waals surface area contributed by atoms with Gasteiger partial charge in [0.1, 0.15) is 23.1 Å². The molecule has 0 saturated carbocycles. The van der Waals surface area contributed by atoms with Crippen LogP contribution in [0.5, 0.6) is 0 Å². The molecule has 1 aromatic carbocycles. The summed E-state index contributed by atoms with van der Waals surface area (Å²) in [4.78, 5) is 12.9. The van der Waals surface area contributed by atoms with Gasteiger partial charge in [0.05, 0.1) is 10.0 Å². The molecule has 0 fully saturated rings. The van der Waals surface area contributed by atoms with Gasteiger partial charge in [0.2, 0.25) is 0 Å². The molecule has 0 aliphatic carbocycles. The molecule has 2 aromatic rings. The van der Waals surface area contributed by atoms with Gasteiger partial charge in [0.15, 0.2) is 0 Å². The number of carbonyl (C=O) groups is 1. The Morgan fingerprint density at radius 3 is 2.75 bits per heavy atom. The number of carbonyl (C=O) groups excluding carboxylic acids is 1. The molecule has 0 radical (unpaired) electrons. The zero-order valence-electron chi connectivity index (χ0n) is 10.4. The number of nitrogen functional groups attached to an aromatic ring is 1. The maximum absolute atomic E-state index is 13.7. The summed E-state index contributed by atoms with van der Waals surface area (Å²) in [7, 11) is 0. The van der Waals surface area contributed by atoms with Crippen molar-refractivity contribution in [1.82, 2.24) is 0 Å². The van der Waals surface area contributed by atoms with E-state index >= 15 is 0 Å². The van der Waals surface area contributed by atoms with E-state index in [0.29, 0.717) is 10.6 Å². The van der Waals surface area contributed by atoms with Crippen LogP contribution in [0, 0.1) is 18.6 Å². The smallest absolute Gasteiger partial charge is 0.348 e. The molecule has 0 aliphatic rings. The van der Waals surface area contributed by atoms with Crippen molar-refractivity contribution in [1.29, 1.82) is 0 Å². The average molecular weight is 362 g/mol. The van der Waals surface area contributed by atoms with Crippen LogP contribution in [0.25, 0.3) is 0 Å². The van der Waals surface area contributed by atoms with Gasteiger partial charge in [-0.2, -0.15) is 0 Å². The first-order valence-electron chi connectivity index (χ1n) is 5.55. The molecular formula is C13H10BrF2NO2S. The van der Waals surface area contributed by atoms with E-state index in [2.05, 4.69) is 15.9 Å². The van der Waals surface area contributed by atoms with Crippen molar-refractivity contribution in [2.24, 2.45) is 0 Å². The van der Waals surface area contributed by atoms with Crippen LogP contribution >= 0.6 is 27.3 Å². The summed E-state index contributed by atoms with van der Waals surface area (Å²) >= 11 is 4.12. The third-order valence-electron chi connectivity index (χ3n) is 2.64. The van der Waals surface area contributed by atoms with Gasteiger partial charge >= 0.3 is 5.97 Å². The highest BCUT2D eigenvalue weighted by molar-refractivity contribution is 9.10. The first kappa shape index (κ1) is 14.9. The Hall–Kier alpha value is -1.47. The van der Waals surface area contributed by atoms with Gasteiger partial charge in [-0.1, -0.05) is 0 Å². The van der Waals surface area contributed by atoms with Crippen molar-refractivity contribution >= 4 is 38.9 Å². The Labute approximate surface area is 126 Å². The van der Waals surface area contributed by atoms with Crippen LogP contribution in [-0.2, 0) is 11.3 Å². The van der Waals surface area contributed by atoms with Crippen molar-refractivity contribution in [3.05, 3.63) is 49.6 Å². The number of ether oxygens (including phenoxy) is 1. The molecule has 2 rings (SSSR count). The molecule has 1 heterocycles. The minimum Gasteiger partial charge on any atom is -0.456 e. The summed E-state index contributed by atoms with van der Waals surface area (Å²) in [5.74, 6) is -2.20. The monoisotopic (exact) mass is 361 g/mol. The lowest BCUT2D eigenvalue weighted by Crippen LogP contribution is -2.06. The van der Waals surface area contributed by atoms with Crippen molar-refractivity contribution in [2.75, 3.05) is 5.73 Å². The molecule has 3 nitrogen and oxygen atoms in total. The zero-order chi connectivity index (χ0) is 14.9. The Morgan fingerprint density at radius 1 is 1.45 bits per heavy atom. The first-order valence-corrected chi connectivity index (χ1v) is 7.16. The molecule has 7 heteroatoms. The Morgan fingerprint density at radius 2 is 2.15 bits per heavy atom. The second-order valence-electron chi connectivity index (χ2n) is 4.02. The Bertz CT molecular complexity index is 653. The molecule has 2 N–H and O–H groups in total. The largest absolute Gasteiger partial charge is 0.456 e. The van der Waals surface area contributed by atoms with E-state index in [1.807, 2.05) is 0 Å². The van der Waals surface area contributed by atoms with E-state index in [9.17, 15) is 13.6 Å². The van der Waals surface area contributed by atoms with Gasteiger partial charge in [-0.3, -0.25) is 0 Å². The topological polar surface area (TPSA) is 52.3 Å². The number of rotatable bonds is 3. The molecule has 1 aromatic heterocycles. The molecule has 106 valence electrons. The van der Waals surface area contributed by atoms with E-state index in [0.717, 1.165) is 10.9 Å². The van der Waals surface area contributed by atoms with Crippen LogP contribution in [0.1, 0.15) is 20.1 Å². The summed E-state index contributed by atoms with van der Waals surface area (Å²) in [5.41, 5.74) is 5.82. The number of hydrogen-bond acceptors (Lipinski definition) is 4. The summed E-state index contributed by atoms with van der Waals surface area (Å²) in [6, 6.07) is 3.83. The lowest BCUT2D eigenvalue weighted by molar-refractivity contribution is 0.0470. The van der Waals surface area contributed by atoms with Crippen LogP contribution in [0.2, 0.25) is 0 Å². The maximum Gasteiger partial charge on any atom is 0.348 e. The highest BCUT2D eigenvalue weighted by Gasteiger charge is 2.17. The average Bonchev–Trinajstić information content (AvgIpc) is 2.74. The molecule has 0 atom stereocenters. The summed E-state index contributed by atoms with van der Waals surface area (Å²) < 4.78 is 32.2. The third-order valence-corrected chi connectivity index (χ3v) is 4.30. The number of aryl methyl sites for hydroxylation is 1. The van der Waals surface area contributed by atoms with E-state index in [-0.39, 0.29) is 10.0 Å². The van der Waals surface area contributed by atoms with Crippen LogP contribution in [0.15, 0.2) is 22.7 Å². The standard InChI is InChI=1S/C13H10BrF2NO2S/c1-6-10(17)4-11(20-6)13(18)19-5-7-9(15)3-2-8(14)12(7)16/h2-4H,5,17H2,1H3. The number of benzene rings is 1. The molecular weight excluding hydrogens is 352 g/mol. The zero-order valence-corrected chi connectivity index (χ0v) is 12.8. The Balaban J connectivity index is 2.13. The quantitative estimate of drug-likeness (QED) is 0.663. The second-order valence-corrected chi connectivity index (χ2v) is 6.13. The van der Waals surface area contributed by atoms with Crippen molar-refractivity contribution < 1.29 is 18.3 Å². The highest BCUT2D eigenvalue weighted by atomic mass is 79.9. The highest BCUT2D eigenvalue weighted by Crippen LogP contribution is 2.26. The predicted octanol–water partition coefficient (Wildman–Crippen LogP) is 4.04. The van der Waals surface area contributed by atoms with Crippen LogP contribution in [0.3, 0.4) is 0 Å². The van der Waals surface area contributed by atoms with Gasteiger partial charge < -0.3 is 10.5 Å². The van der Waals surface area contributed by atoms with Gasteiger partial charge in [0, 0.05) is 10.6 Å². The summed E-state index contributed by atoms with van der Waals surface area (Å²) in [6.45, 7) is 1.29. The van der Waals surface area contributed by atoms with Crippen molar-refractivity contribution in [3.63, 3.8) is 0 Å². The third kappa shape index (κ3) is 2.99. The number of esters is 1. The fraction of sp³-hybridized carbons (Fsp3) is 0.154. The van der Waals surface area contributed by atoms with Crippen LogP contribution < -0.4 is 5.73 Å². The van der Waals surface area contributed by atoms with E-state index in [1.165, 1.54) is 23.5 Å². The lowest BCUT2D eigenvalue weighted by atomic mass is 10.2. The van der Waals surface area contributed by atoms with Gasteiger partial charge in [-0.25, -0.2) is 13.6 Å². The first-order chi connectivity index (χ1) is 9.40. The molecule has 0 spiro atoms. The SMILES string of the molecule is Cc1sc(C(=O)OCc2c(F)ccc(Br)c2F)cc1N. The maximum atomic E-state index is 13.7. The second kappa shape index (κ2) is 5.88. The molecule has 0 saturated heterocycles. The summed E-state index contributed by atoms with van der Waals surface area (Å²) in [6.07, 6.45) is 0. The van der Waals surface area contributed by atoms with Gasteiger partial charge in [-0.15, -0.1) is 11.3 Å². The van der Waals surface area contributed by atoms with Crippen molar-refractivity contribution in [2.45, 2.75) is 13.5 Å². The van der Waals surface area contributed by atoms with Crippen LogP contribution in [0.4, 0.5) is 14.5 Å². The molecule has 0 aliphatic heterocycles. The van der Waals surface area contributed by atoms with E-state index < -0.39 is 24.2 Å². The van der Waals surface area contributed by atoms with Gasteiger partial charge in [0.25, 0.3) is 0 Å². The van der Waals surface area contributed by atoms with E-state index in [4.69, 9.17) is 10.5 Å². The molecule has 0 amide bonds. The number of thiophene rings is 1. The van der Waals surface area contributed by atoms with Gasteiger partial charge in [-0.05, 0) is 41.1 Å². The minimum absolute atomic E-state index is 0.112. The molecule has 0 unspecified atom stereocenters. The molecule has 0 bridgehead atoms. The Kier molecular flexibility index (Phi) is 4.39. The fourth-order valence-electron chi connectivity index (χ4n) is 1.51. The predicted molar refractivity (Wildman–Crippen MR) is 76.6 cm³/mol. The normalized spacial score (nSPS) is 10.6. The lowest BCUT2D eigenvalue weighted by Gasteiger charge is -2.07.